The van der Waals surface area contributed by atoms with E-state index in [1.54, 1.807) is 12.1 Å². The van der Waals surface area contributed by atoms with Gasteiger partial charge in [-0.3, -0.25) is 0 Å². The van der Waals surface area contributed by atoms with Gasteiger partial charge in [0.2, 0.25) is 10.0 Å². The Morgan fingerprint density at radius 2 is 2.05 bits per heavy atom. The minimum absolute atomic E-state index is 0.188. The standard InChI is InChI=1S/C13H20N2O3S/c14-11-4-3-7-13(10-11)19(16,17)15-8-9-18-12-5-1-2-6-12/h3-4,7,10,12,15H,1-2,5-6,8-9,14H2. The fourth-order valence-electron chi connectivity index (χ4n) is 2.22. The van der Waals surface area contributed by atoms with E-state index in [9.17, 15) is 8.42 Å². The average Bonchev–Trinajstić information content (AvgIpc) is 2.88. The van der Waals surface area contributed by atoms with Crippen LogP contribution in [0.25, 0.3) is 0 Å². The zero-order valence-electron chi connectivity index (χ0n) is 10.8. The van der Waals surface area contributed by atoms with E-state index in [1.165, 1.54) is 25.0 Å². The van der Waals surface area contributed by atoms with Gasteiger partial charge in [-0.1, -0.05) is 18.9 Å². The van der Waals surface area contributed by atoms with Crippen LogP contribution in [0.4, 0.5) is 5.69 Å². The Hall–Kier alpha value is -1.11. The van der Waals surface area contributed by atoms with Crippen LogP contribution in [-0.4, -0.2) is 27.7 Å². The van der Waals surface area contributed by atoms with Gasteiger partial charge in [-0.05, 0) is 31.0 Å². The van der Waals surface area contributed by atoms with Gasteiger partial charge in [-0.25, -0.2) is 13.1 Å². The van der Waals surface area contributed by atoms with Crippen molar-refractivity contribution in [1.29, 1.82) is 0 Å². The van der Waals surface area contributed by atoms with Crippen LogP contribution in [-0.2, 0) is 14.8 Å². The minimum atomic E-state index is -3.49. The molecule has 106 valence electrons. The molecule has 1 saturated carbocycles. The molecule has 19 heavy (non-hydrogen) atoms. The van der Waals surface area contributed by atoms with Crippen molar-refractivity contribution >= 4 is 15.7 Å². The molecule has 1 aromatic rings. The number of rotatable bonds is 6. The van der Waals surface area contributed by atoms with E-state index in [1.807, 2.05) is 0 Å². The first-order chi connectivity index (χ1) is 9.08. The van der Waals surface area contributed by atoms with Crippen LogP contribution in [0.15, 0.2) is 29.2 Å². The first-order valence-corrected chi connectivity index (χ1v) is 8.03. The van der Waals surface area contributed by atoms with Gasteiger partial charge in [-0.15, -0.1) is 0 Å². The quantitative estimate of drug-likeness (QED) is 0.613. The number of hydrogen-bond donors (Lipinski definition) is 2. The molecule has 6 heteroatoms. The Morgan fingerprint density at radius 1 is 1.32 bits per heavy atom. The second-order valence-corrected chi connectivity index (χ2v) is 6.51. The summed E-state index contributed by atoms with van der Waals surface area (Å²) in [7, 11) is -3.49. The summed E-state index contributed by atoms with van der Waals surface area (Å²) in [4.78, 5) is 0.188. The lowest BCUT2D eigenvalue weighted by Gasteiger charge is -2.12. The highest BCUT2D eigenvalue weighted by molar-refractivity contribution is 7.89. The third-order valence-electron chi connectivity index (χ3n) is 3.22. The van der Waals surface area contributed by atoms with E-state index in [-0.39, 0.29) is 11.4 Å². The highest BCUT2D eigenvalue weighted by Gasteiger charge is 2.16. The van der Waals surface area contributed by atoms with Crippen LogP contribution < -0.4 is 10.5 Å². The lowest BCUT2D eigenvalue weighted by Crippen LogP contribution is -2.28. The van der Waals surface area contributed by atoms with Crippen molar-refractivity contribution in [3.05, 3.63) is 24.3 Å². The SMILES string of the molecule is Nc1cccc(S(=O)(=O)NCCOC2CCCC2)c1. The number of nitrogens with two attached hydrogens (primary N) is 1. The fourth-order valence-corrected chi connectivity index (χ4v) is 3.29. The van der Waals surface area contributed by atoms with E-state index in [0.29, 0.717) is 18.4 Å². The summed E-state index contributed by atoms with van der Waals surface area (Å²) in [6, 6.07) is 6.25. The van der Waals surface area contributed by atoms with Gasteiger partial charge in [0.15, 0.2) is 0 Å². The zero-order chi connectivity index (χ0) is 13.7. The Bertz CT molecular complexity index is 510. The monoisotopic (exact) mass is 284 g/mol. The van der Waals surface area contributed by atoms with Crippen LogP contribution in [0.1, 0.15) is 25.7 Å². The number of hydrogen-bond acceptors (Lipinski definition) is 4. The Balaban J connectivity index is 1.80. The van der Waals surface area contributed by atoms with Gasteiger partial charge in [0.25, 0.3) is 0 Å². The molecule has 0 amide bonds. The van der Waals surface area contributed by atoms with Crippen molar-refractivity contribution < 1.29 is 13.2 Å². The van der Waals surface area contributed by atoms with Gasteiger partial charge in [-0.2, -0.15) is 0 Å². The number of ether oxygens (including phenoxy) is 1. The molecule has 1 aliphatic rings. The fraction of sp³-hybridized carbons (Fsp3) is 0.538. The maximum atomic E-state index is 12.0. The molecular formula is C13H20N2O3S. The lowest BCUT2D eigenvalue weighted by atomic mass is 10.3. The van der Waals surface area contributed by atoms with E-state index in [2.05, 4.69) is 4.72 Å². The minimum Gasteiger partial charge on any atom is -0.399 e. The predicted molar refractivity (Wildman–Crippen MR) is 74.3 cm³/mol. The number of nitrogens with one attached hydrogen (secondary N) is 1. The van der Waals surface area contributed by atoms with E-state index in [0.717, 1.165) is 12.8 Å². The number of nitrogen functional groups attached to an aromatic ring is 1. The van der Waals surface area contributed by atoms with Gasteiger partial charge < -0.3 is 10.5 Å². The summed E-state index contributed by atoms with van der Waals surface area (Å²) in [6.07, 6.45) is 4.89. The first kappa shape index (κ1) is 14.3. The van der Waals surface area contributed by atoms with E-state index in [4.69, 9.17) is 10.5 Å². The number of sulfonamides is 1. The van der Waals surface area contributed by atoms with Crippen molar-refractivity contribution in [2.24, 2.45) is 0 Å². The third-order valence-corrected chi connectivity index (χ3v) is 4.68. The molecule has 1 fully saturated rings. The molecule has 3 N–H and O–H groups in total. The summed E-state index contributed by atoms with van der Waals surface area (Å²) >= 11 is 0. The molecule has 0 radical (unpaired) electrons. The van der Waals surface area contributed by atoms with Crippen LogP contribution >= 0.6 is 0 Å². The van der Waals surface area contributed by atoms with Crippen molar-refractivity contribution in [2.75, 3.05) is 18.9 Å². The molecule has 0 bridgehead atoms. The molecule has 0 saturated heterocycles. The summed E-state index contributed by atoms with van der Waals surface area (Å²) in [5.41, 5.74) is 6.01. The Labute approximate surface area is 114 Å². The van der Waals surface area contributed by atoms with Crippen LogP contribution in [0.3, 0.4) is 0 Å². The highest BCUT2D eigenvalue weighted by Crippen LogP contribution is 2.20. The van der Waals surface area contributed by atoms with Crippen molar-refractivity contribution in [2.45, 2.75) is 36.7 Å². The Morgan fingerprint density at radius 3 is 2.74 bits per heavy atom. The predicted octanol–water partition coefficient (Wildman–Crippen LogP) is 1.51. The smallest absolute Gasteiger partial charge is 0.240 e. The maximum absolute atomic E-state index is 12.0. The lowest BCUT2D eigenvalue weighted by molar-refractivity contribution is 0.0626. The second-order valence-electron chi connectivity index (χ2n) is 4.75. The summed E-state index contributed by atoms with van der Waals surface area (Å²) < 4.78 is 32.0. The molecule has 1 aromatic carbocycles. The molecule has 0 unspecified atom stereocenters. The second kappa shape index (κ2) is 6.36. The summed E-state index contributed by atoms with van der Waals surface area (Å²) in [5.74, 6) is 0. The molecule has 0 atom stereocenters. The van der Waals surface area contributed by atoms with Crippen LogP contribution in [0.2, 0.25) is 0 Å². The normalized spacial score (nSPS) is 16.8. The van der Waals surface area contributed by atoms with Gasteiger partial charge in [0, 0.05) is 12.2 Å². The number of anilines is 1. The molecular weight excluding hydrogens is 264 g/mol. The largest absolute Gasteiger partial charge is 0.399 e. The van der Waals surface area contributed by atoms with Crippen LogP contribution in [0.5, 0.6) is 0 Å². The van der Waals surface area contributed by atoms with Crippen molar-refractivity contribution in [1.82, 2.24) is 4.72 Å². The highest BCUT2D eigenvalue weighted by atomic mass is 32.2. The molecule has 5 nitrogen and oxygen atoms in total. The Kier molecular flexibility index (Phi) is 4.79. The summed E-state index contributed by atoms with van der Waals surface area (Å²) in [6.45, 7) is 0.694. The van der Waals surface area contributed by atoms with Gasteiger partial charge >= 0.3 is 0 Å². The van der Waals surface area contributed by atoms with Gasteiger partial charge in [0.1, 0.15) is 0 Å². The molecule has 0 aliphatic heterocycles. The van der Waals surface area contributed by atoms with Crippen molar-refractivity contribution in [3.8, 4) is 0 Å². The van der Waals surface area contributed by atoms with E-state index < -0.39 is 10.0 Å². The average molecular weight is 284 g/mol. The maximum Gasteiger partial charge on any atom is 0.240 e. The van der Waals surface area contributed by atoms with E-state index >= 15 is 0 Å². The molecule has 2 rings (SSSR count). The van der Waals surface area contributed by atoms with Crippen LogP contribution in [0, 0.1) is 0 Å². The van der Waals surface area contributed by atoms with Gasteiger partial charge in [0.05, 0.1) is 17.6 Å². The third kappa shape index (κ3) is 4.19. The topological polar surface area (TPSA) is 81.4 Å². The molecule has 0 spiro atoms. The molecule has 0 heterocycles. The first-order valence-electron chi connectivity index (χ1n) is 6.55. The number of benzene rings is 1. The molecule has 1 aliphatic carbocycles. The zero-order valence-corrected chi connectivity index (χ0v) is 11.7. The summed E-state index contributed by atoms with van der Waals surface area (Å²) in [5, 5.41) is 0. The van der Waals surface area contributed by atoms with Crippen molar-refractivity contribution in [3.63, 3.8) is 0 Å². The molecule has 0 aromatic heterocycles.